The Balaban J connectivity index is 2.94. The van der Waals surface area contributed by atoms with Crippen LogP contribution in [0.3, 0.4) is 0 Å². The van der Waals surface area contributed by atoms with E-state index >= 15 is 0 Å². The minimum absolute atomic E-state index is 0.0150. The summed E-state index contributed by atoms with van der Waals surface area (Å²) in [5.41, 5.74) is 5.93. The Hall–Kier alpha value is -3.34. The van der Waals surface area contributed by atoms with E-state index in [0.717, 1.165) is 0 Å². The third-order valence-corrected chi connectivity index (χ3v) is 4.65. The largest absolute Gasteiger partial charge is 0.513 e. The van der Waals surface area contributed by atoms with Crippen molar-refractivity contribution in [3.05, 3.63) is 23.8 Å². The van der Waals surface area contributed by atoms with Crippen molar-refractivity contribution in [2.45, 2.75) is 80.9 Å². The molecule has 0 radical (unpaired) electrons. The molecule has 1 aromatic rings. The highest BCUT2D eigenvalue weighted by atomic mass is 16.7. The van der Waals surface area contributed by atoms with Gasteiger partial charge in [-0.2, -0.15) is 0 Å². The van der Waals surface area contributed by atoms with E-state index < -0.39 is 36.4 Å². The minimum atomic E-state index is -1.07. The molecule has 11 nitrogen and oxygen atoms in total. The van der Waals surface area contributed by atoms with Gasteiger partial charge in [0.2, 0.25) is 0 Å². The first-order valence-corrected chi connectivity index (χ1v) is 12.8. The molecule has 0 unspecified atom stereocenters. The van der Waals surface area contributed by atoms with Crippen molar-refractivity contribution in [3.63, 3.8) is 0 Å². The summed E-state index contributed by atoms with van der Waals surface area (Å²) < 4.78 is 31.2. The molecule has 2 N–H and O–H groups in total. The second kappa shape index (κ2) is 14.7. The van der Waals surface area contributed by atoms with Crippen LogP contribution in [-0.2, 0) is 35.0 Å². The lowest BCUT2D eigenvalue weighted by molar-refractivity contribution is -0.161. The maximum Gasteiger partial charge on any atom is 0.513 e. The molecule has 0 bridgehead atoms. The summed E-state index contributed by atoms with van der Waals surface area (Å²) in [6, 6.07) is 3.29. The predicted molar refractivity (Wildman–Crippen MR) is 142 cm³/mol. The highest BCUT2D eigenvalue weighted by Crippen LogP contribution is 2.30. The summed E-state index contributed by atoms with van der Waals surface area (Å²) in [7, 11) is 0. The maximum absolute atomic E-state index is 12.4. The molecule has 0 aliphatic carbocycles. The van der Waals surface area contributed by atoms with Gasteiger partial charge in [-0.15, -0.1) is 0 Å². The van der Waals surface area contributed by atoms with Crippen molar-refractivity contribution in [3.8, 4) is 11.5 Å². The van der Waals surface area contributed by atoms with Gasteiger partial charge in [-0.05, 0) is 41.9 Å². The van der Waals surface area contributed by atoms with Gasteiger partial charge in [0, 0.05) is 0 Å². The maximum atomic E-state index is 12.4. The topological polar surface area (TPSA) is 150 Å². The third kappa shape index (κ3) is 14.4. The summed E-state index contributed by atoms with van der Waals surface area (Å²) in [5, 5.41) is 0. The number of hydrogen-bond donors (Lipinski definition) is 1. The van der Waals surface area contributed by atoms with Crippen molar-refractivity contribution in [1.82, 2.24) is 0 Å². The Morgan fingerprint density at radius 1 is 0.769 bits per heavy atom. The van der Waals surface area contributed by atoms with E-state index in [9.17, 15) is 19.2 Å². The molecule has 220 valence electrons. The normalized spacial score (nSPS) is 13.2. The quantitative estimate of drug-likeness (QED) is 0.228. The molecule has 0 saturated carbocycles. The highest BCUT2D eigenvalue weighted by molar-refractivity contribution is 5.76. The SMILES string of the molecule is CC(C)C(=O)O[C@@H](C)COC(=O)[C@@H](N)Cc1ccc(OC(=O)OCC(C)(C)C)c(OC(=O)OCC(C)(C)C)c1. The van der Waals surface area contributed by atoms with Gasteiger partial charge in [0.05, 0.1) is 19.1 Å². The molecule has 1 aromatic carbocycles. The molecular weight excluding hydrogens is 510 g/mol. The van der Waals surface area contributed by atoms with Crippen LogP contribution in [0.4, 0.5) is 9.59 Å². The number of carbonyl (C=O) groups is 4. The monoisotopic (exact) mass is 553 g/mol. The van der Waals surface area contributed by atoms with E-state index in [2.05, 4.69) is 0 Å². The summed E-state index contributed by atoms with van der Waals surface area (Å²) in [4.78, 5) is 48.6. The summed E-state index contributed by atoms with van der Waals surface area (Å²) in [6.07, 6.45) is -2.59. The number of esters is 2. The van der Waals surface area contributed by atoms with Crippen LogP contribution in [0.15, 0.2) is 18.2 Å². The van der Waals surface area contributed by atoms with Gasteiger partial charge in [-0.3, -0.25) is 9.59 Å². The Bertz CT molecular complexity index is 991. The van der Waals surface area contributed by atoms with Crippen LogP contribution in [0.5, 0.6) is 11.5 Å². The van der Waals surface area contributed by atoms with E-state index in [1.807, 2.05) is 41.5 Å². The van der Waals surface area contributed by atoms with Crippen LogP contribution < -0.4 is 15.2 Å². The van der Waals surface area contributed by atoms with Crippen LogP contribution in [0.25, 0.3) is 0 Å². The standard InChI is InChI=1S/C28H43NO10/c1-17(2)23(30)37-18(3)14-34-24(31)20(29)12-19-10-11-21(38-25(32)35-15-27(4,5)6)22(13-19)39-26(33)36-16-28(7,8)9/h10-11,13,17-18,20H,12,14-16,29H2,1-9H3/t18-,20-/m0/s1. The number of benzene rings is 1. The van der Waals surface area contributed by atoms with E-state index in [1.54, 1.807) is 26.8 Å². The summed E-state index contributed by atoms with van der Waals surface area (Å²) in [6.45, 7) is 16.4. The molecule has 1 rings (SSSR count). The van der Waals surface area contributed by atoms with E-state index in [4.69, 9.17) is 34.2 Å². The molecule has 0 amide bonds. The first kappa shape index (κ1) is 33.7. The van der Waals surface area contributed by atoms with Crippen molar-refractivity contribution in [2.24, 2.45) is 22.5 Å². The van der Waals surface area contributed by atoms with Gasteiger partial charge in [-0.25, -0.2) is 9.59 Å². The molecule has 0 fully saturated rings. The second-order valence-corrected chi connectivity index (χ2v) is 12.0. The van der Waals surface area contributed by atoms with Gasteiger partial charge in [0.15, 0.2) is 11.5 Å². The number of ether oxygens (including phenoxy) is 6. The summed E-state index contributed by atoms with van der Waals surface area (Å²) in [5.74, 6) is -1.61. The molecule has 2 atom stereocenters. The lowest BCUT2D eigenvalue weighted by Gasteiger charge is -2.19. The lowest BCUT2D eigenvalue weighted by atomic mass is 9.99. The van der Waals surface area contributed by atoms with Gasteiger partial charge in [-0.1, -0.05) is 61.5 Å². The molecule has 0 saturated heterocycles. The van der Waals surface area contributed by atoms with Crippen molar-refractivity contribution in [2.75, 3.05) is 19.8 Å². The highest BCUT2D eigenvalue weighted by Gasteiger charge is 2.23. The number of nitrogens with two attached hydrogens (primary N) is 1. The molecule has 0 aliphatic rings. The first-order valence-electron chi connectivity index (χ1n) is 12.8. The Morgan fingerprint density at radius 2 is 1.28 bits per heavy atom. The molecular formula is C28H43NO10. The fourth-order valence-electron chi connectivity index (χ4n) is 2.65. The molecule has 0 spiro atoms. The molecule has 11 heteroatoms. The van der Waals surface area contributed by atoms with Crippen molar-refractivity contribution >= 4 is 24.2 Å². The number of carbonyl (C=O) groups excluding carboxylic acids is 4. The van der Waals surface area contributed by atoms with Crippen LogP contribution >= 0.6 is 0 Å². The van der Waals surface area contributed by atoms with Crippen LogP contribution in [0.1, 0.15) is 67.9 Å². The predicted octanol–water partition coefficient (Wildman–Crippen LogP) is 4.81. The van der Waals surface area contributed by atoms with Crippen LogP contribution in [0, 0.1) is 16.7 Å². The second-order valence-electron chi connectivity index (χ2n) is 12.0. The molecule has 0 heterocycles. The lowest BCUT2D eigenvalue weighted by Crippen LogP contribution is -2.36. The fourth-order valence-corrected chi connectivity index (χ4v) is 2.65. The average Bonchev–Trinajstić information content (AvgIpc) is 2.80. The van der Waals surface area contributed by atoms with E-state index in [1.165, 1.54) is 12.1 Å². The first-order chi connectivity index (χ1) is 17.9. The Kier molecular flexibility index (Phi) is 12.7. The molecule has 0 aliphatic heterocycles. The van der Waals surface area contributed by atoms with Gasteiger partial charge in [0.25, 0.3) is 0 Å². The van der Waals surface area contributed by atoms with Crippen LogP contribution in [0.2, 0.25) is 0 Å². The average molecular weight is 554 g/mol. The number of rotatable bonds is 11. The molecule has 0 aromatic heterocycles. The zero-order chi connectivity index (χ0) is 30.0. The summed E-state index contributed by atoms with van der Waals surface area (Å²) >= 11 is 0. The van der Waals surface area contributed by atoms with E-state index in [-0.39, 0.29) is 54.5 Å². The van der Waals surface area contributed by atoms with Crippen LogP contribution in [-0.4, -0.2) is 56.2 Å². The van der Waals surface area contributed by atoms with Crippen molar-refractivity contribution < 1.29 is 47.6 Å². The smallest absolute Gasteiger partial charge is 0.461 e. The fraction of sp³-hybridized carbons (Fsp3) is 0.643. The zero-order valence-corrected chi connectivity index (χ0v) is 24.5. The minimum Gasteiger partial charge on any atom is -0.461 e. The Labute approximate surface area is 230 Å². The van der Waals surface area contributed by atoms with Gasteiger partial charge < -0.3 is 34.2 Å². The Morgan fingerprint density at radius 3 is 1.77 bits per heavy atom. The molecule has 39 heavy (non-hydrogen) atoms. The van der Waals surface area contributed by atoms with Crippen molar-refractivity contribution in [1.29, 1.82) is 0 Å². The number of hydrogen-bond acceptors (Lipinski definition) is 11. The third-order valence-electron chi connectivity index (χ3n) is 4.65. The van der Waals surface area contributed by atoms with E-state index in [0.29, 0.717) is 5.56 Å². The van der Waals surface area contributed by atoms with Gasteiger partial charge >= 0.3 is 24.2 Å². The van der Waals surface area contributed by atoms with Gasteiger partial charge in [0.1, 0.15) is 18.8 Å². The zero-order valence-electron chi connectivity index (χ0n) is 24.5.